The molecule has 82 valence electrons. The number of benzene rings is 1. The number of nitrogens with zero attached hydrogens (tertiary/aromatic N) is 1. The number of hydrogen-bond acceptors (Lipinski definition) is 2. The predicted molar refractivity (Wildman–Crippen MR) is 65.5 cm³/mol. The van der Waals surface area contributed by atoms with Crippen molar-refractivity contribution in [1.29, 1.82) is 0 Å². The molecule has 2 rings (SSSR count). The highest BCUT2D eigenvalue weighted by Gasteiger charge is 2.06. The van der Waals surface area contributed by atoms with Crippen molar-refractivity contribution in [2.75, 3.05) is 0 Å². The van der Waals surface area contributed by atoms with E-state index >= 15 is 0 Å². The minimum atomic E-state index is 0.0352. The van der Waals surface area contributed by atoms with Gasteiger partial charge < -0.3 is 0 Å². The fourth-order valence-corrected chi connectivity index (χ4v) is 1.26. The zero-order chi connectivity index (χ0) is 11.8. The number of rotatable bonds is 2. The van der Waals surface area contributed by atoms with Crippen LogP contribution < -0.4 is 0 Å². The summed E-state index contributed by atoms with van der Waals surface area (Å²) in [5.74, 6) is 0.0352. The normalized spacial score (nSPS) is 8.88. The lowest BCUT2D eigenvalue weighted by molar-refractivity contribution is 0.103. The molecule has 1 aromatic heterocycles. The van der Waals surface area contributed by atoms with Gasteiger partial charge in [0.1, 0.15) is 0 Å². The van der Waals surface area contributed by atoms with Gasteiger partial charge in [-0.05, 0) is 12.1 Å². The number of hydrogen-bond donors (Lipinski definition) is 0. The van der Waals surface area contributed by atoms with Crippen LogP contribution in [0.3, 0.4) is 0 Å². The summed E-state index contributed by atoms with van der Waals surface area (Å²) in [7, 11) is 0. The summed E-state index contributed by atoms with van der Waals surface area (Å²) >= 11 is 0. The highest BCUT2D eigenvalue weighted by atomic mass is 16.1. The predicted octanol–water partition coefficient (Wildman–Crippen LogP) is 3.34. The fraction of sp³-hybridized carbons (Fsp3) is 0.143. The van der Waals surface area contributed by atoms with Crippen molar-refractivity contribution in [3.8, 4) is 0 Å². The van der Waals surface area contributed by atoms with Crippen LogP contribution in [0.1, 0.15) is 29.8 Å². The average molecular weight is 213 g/mol. The lowest BCUT2D eigenvalue weighted by Crippen LogP contribution is -2.00. The average Bonchev–Trinajstić information content (AvgIpc) is 2.42. The Labute approximate surface area is 96.0 Å². The Morgan fingerprint density at radius 3 is 1.94 bits per heavy atom. The first-order chi connectivity index (χ1) is 7.88. The van der Waals surface area contributed by atoms with E-state index in [1.165, 1.54) is 0 Å². The summed E-state index contributed by atoms with van der Waals surface area (Å²) in [5, 5.41) is 0. The molecule has 0 amide bonds. The van der Waals surface area contributed by atoms with E-state index in [4.69, 9.17) is 0 Å². The SMILES string of the molecule is CC.O=C(c1ccccc1)c1ccncc1. The first kappa shape index (κ1) is 12.1. The molecule has 0 aliphatic rings. The Morgan fingerprint density at radius 2 is 1.38 bits per heavy atom. The van der Waals surface area contributed by atoms with Crippen LogP contribution in [0.5, 0.6) is 0 Å². The Hall–Kier alpha value is -1.96. The molecule has 2 heteroatoms. The van der Waals surface area contributed by atoms with E-state index in [0.717, 1.165) is 0 Å². The van der Waals surface area contributed by atoms with Crippen LogP contribution in [0.15, 0.2) is 54.9 Å². The van der Waals surface area contributed by atoms with Crippen molar-refractivity contribution < 1.29 is 4.79 Å². The van der Waals surface area contributed by atoms with E-state index in [1.807, 2.05) is 44.2 Å². The molecule has 0 aliphatic carbocycles. The third-order valence-corrected chi connectivity index (χ3v) is 1.98. The summed E-state index contributed by atoms with van der Waals surface area (Å²) in [5.41, 5.74) is 1.38. The topological polar surface area (TPSA) is 30.0 Å². The van der Waals surface area contributed by atoms with Crippen molar-refractivity contribution in [3.63, 3.8) is 0 Å². The molecule has 2 nitrogen and oxygen atoms in total. The van der Waals surface area contributed by atoms with Crippen molar-refractivity contribution in [2.24, 2.45) is 0 Å². The maximum Gasteiger partial charge on any atom is 0.193 e. The van der Waals surface area contributed by atoms with E-state index in [9.17, 15) is 4.79 Å². The smallest absolute Gasteiger partial charge is 0.193 e. The number of ketones is 1. The standard InChI is InChI=1S/C12H9NO.C2H6/c14-12(10-4-2-1-3-5-10)11-6-8-13-9-7-11;1-2/h1-9H;1-2H3. The molecule has 0 saturated heterocycles. The maximum absolute atomic E-state index is 11.8. The molecular weight excluding hydrogens is 198 g/mol. The van der Waals surface area contributed by atoms with E-state index in [-0.39, 0.29) is 5.78 Å². The van der Waals surface area contributed by atoms with Gasteiger partial charge in [0.2, 0.25) is 0 Å². The minimum Gasteiger partial charge on any atom is -0.289 e. The lowest BCUT2D eigenvalue weighted by atomic mass is 10.1. The third-order valence-electron chi connectivity index (χ3n) is 1.98. The number of pyridine rings is 1. The van der Waals surface area contributed by atoms with Crippen LogP contribution in [0.2, 0.25) is 0 Å². The van der Waals surface area contributed by atoms with Gasteiger partial charge in [-0.25, -0.2) is 0 Å². The molecule has 1 aromatic carbocycles. The number of carbonyl (C=O) groups is 1. The van der Waals surface area contributed by atoms with Crippen LogP contribution in [-0.2, 0) is 0 Å². The Bertz CT molecular complexity index is 382. The summed E-state index contributed by atoms with van der Waals surface area (Å²) in [6.07, 6.45) is 3.24. The second-order valence-corrected chi connectivity index (χ2v) is 2.93. The monoisotopic (exact) mass is 213 g/mol. The zero-order valence-electron chi connectivity index (χ0n) is 9.55. The summed E-state index contributed by atoms with van der Waals surface area (Å²) in [6, 6.07) is 12.7. The lowest BCUT2D eigenvalue weighted by Gasteiger charge is -1.99. The molecule has 1 heterocycles. The van der Waals surface area contributed by atoms with E-state index < -0.39 is 0 Å². The van der Waals surface area contributed by atoms with Gasteiger partial charge in [-0.1, -0.05) is 44.2 Å². The van der Waals surface area contributed by atoms with Crippen LogP contribution in [-0.4, -0.2) is 10.8 Å². The Kier molecular flexibility index (Phi) is 4.93. The highest BCUT2D eigenvalue weighted by Crippen LogP contribution is 2.07. The maximum atomic E-state index is 11.8. The highest BCUT2D eigenvalue weighted by molar-refractivity contribution is 6.08. The quantitative estimate of drug-likeness (QED) is 0.716. The van der Waals surface area contributed by atoms with E-state index in [0.29, 0.717) is 11.1 Å². The van der Waals surface area contributed by atoms with Crippen molar-refractivity contribution in [2.45, 2.75) is 13.8 Å². The fourth-order valence-electron chi connectivity index (χ4n) is 1.26. The molecule has 2 aromatic rings. The van der Waals surface area contributed by atoms with Crippen molar-refractivity contribution in [1.82, 2.24) is 4.98 Å². The number of carbonyl (C=O) groups excluding carboxylic acids is 1. The van der Waals surface area contributed by atoms with E-state index in [2.05, 4.69) is 4.98 Å². The van der Waals surface area contributed by atoms with Gasteiger partial charge >= 0.3 is 0 Å². The second-order valence-electron chi connectivity index (χ2n) is 2.93. The van der Waals surface area contributed by atoms with Gasteiger partial charge in [0.15, 0.2) is 5.78 Å². The second kappa shape index (κ2) is 6.51. The summed E-state index contributed by atoms with van der Waals surface area (Å²) in [4.78, 5) is 15.7. The van der Waals surface area contributed by atoms with Crippen molar-refractivity contribution >= 4 is 5.78 Å². The number of aromatic nitrogens is 1. The summed E-state index contributed by atoms with van der Waals surface area (Å²) < 4.78 is 0. The Balaban J connectivity index is 0.000000606. The van der Waals surface area contributed by atoms with Crippen LogP contribution in [0, 0.1) is 0 Å². The van der Waals surface area contributed by atoms with Gasteiger partial charge in [0.05, 0.1) is 0 Å². The molecule has 0 unspecified atom stereocenters. The molecule has 0 N–H and O–H groups in total. The van der Waals surface area contributed by atoms with Gasteiger partial charge in [-0.15, -0.1) is 0 Å². The van der Waals surface area contributed by atoms with Crippen LogP contribution >= 0.6 is 0 Å². The van der Waals surface area contributed by atoms with Crippen LogP contribution in [0.4, 0.5) is 0 Å². The van der Waals surface area contributed by atoms with Crippen molar-refractivity contribution in [3.05, 3.63) is 66.0 Å². The summed E-state index contributed by atoms with van der Waals surface area (Å²) in [6.45, 7) is 4.00. The molecule has 0 spiro atoms. The van der Waals surface area contributed by atoms with Gasteiger partial charge in [0, 0.05) is 23.5 Å². The molecule has 0 fully saturated rings. The van der Waals surface area contributed by atoms with Gasteiger partial charge in [0.25, 0.3) is 0 Å². The molecule has 16 heavy (non-hydrogen) atoms. The molecule has 0 bridgehead atoms. The van der Waals surface area contributed by atoms with Crippen LogP contribution in [0.25, 0.3) is 0 Å². The molecule has 0 aliphatic heterocycles. The third kappa shape index (κ3) is 3.02. The first-order valence-corrected chi connectivity index (χ1v) is 5.38. The first-order valence-electron chi connectivity index (χ1n) is 5.38. The largest absolute Gasteiger partial charge is 0.289 e. The molecule has 0 radical (unpaired) electrons. The zero-order valence-corrected chi connectivity index (χ0v) is 9.55. The minimum absolute atomic E-state index is 0.0352. The van der Waals surface area contributed by atoms with Gasteiger partial charge in [-0.3, -0.25) is 9.78 Å². The van der Waals surface area contributed by atoms with Gasteiger partial charge in [-0.2, -0.15) is 0 Å². The Morgan fingerprint density at radius 1 is 0.875 bits per heavy atom. The molecule has 0 saturated carbocycles. The molecular formula is C14H15NO. The van der Waals surface area contributed by atoms with E-state index in [1.54, 1.807) is 24.5 Å². The molecule has 0 atom stereocenters.